The van der Waals surface area contributed by atoms with Gasteiger partial charge in [0.15, 0.2) is 0 Å². The van der Waals surface area contributed by atoms with Crippen molar-refractivity contribution >= 4 is 27.3 Å². The van der Waals surface area contributed by atoms with Crippen molar-refractivity contribution in [1.29, 1.82) is 0 Å². The Morgan fingerprint density at radius 2 is 1.76 bits per heavy atom. The van der Waals surface area contributed by atoms with E-state index >= 15 is 0 Å². The van der Waals surface area contributed by atoms with E-state index in [-0.39, 0.29) is 18.9 Å². The van der Waals surface area contributed by atoms with Crippen LogP contribution >= 0.6 is 0 Å². The lowest BCUT2D eigenvalue weighted by atomic mass is 10.1. The number of benzene rings is 2. The summed E-state index contributed by atoms with van der Waals surface area (Å²) < 4.78 is 25.3. The molecule has 1 amide bonds. The summed E-state index contributed by atoms with van der Waals surface area (Å²) in [6, 6.07) is 14.8. The van der Waals surface area contributed by atoms with Crippen LogP contribution < -0.4 is 9.62 Å². The number of amides is 1. The molecule has 0 radical (unpaired) electrons. The molecule has 0 fully saturated rings. The summed E-state index contributed by atoms with van der Waals surface area (Å²) in [5, 5.41) is 2.88. The van der Waals surface area contributed by atoms with Crippen molar-refractivity contribution in [3.05, 3.63) is 59.7 Å². The number of nitrogens with one attached hydrogen (secondary N) is 1. The van der Waals surface area contributed by atoms with Crippen LogP contribution in [0.1, 0.15) is 24.0 Å². The molecular weight excluding hydrogens is 336 g/mol. The summed E-state index contributed by atoms with van der Waals surface area (Å²) in [6.45, 7) is 4.22. The molecule has 0 bridgehead atoms. The number of hydrogen-bond acceptors (Lipinski definition) is 3. The molecule has 0 aliphatic carbocycles. The Kier molecular flexibility index (Phi) is 6.20. The van der Waals surface area contributed by atoms with Gasteiger partial charge in [0.2, 0.25) is 15.9 Å². The molecule has 0 saturated carbocycles. The molecule has 0 spiro atoms. The second-order valence-electron chi connectivity index (χ2n) is 6.14. The Hall–Kier alpha value is -2.34. The maximum atomic E-state index is 12.1. The Morgan fingerprint density at radius 3 is 2.36 bits per heavy atom. The molecule has 2 aromatic rings. The molecule has 0 saturated heterocycles. The van der Waals surface area contributed by atoms with Crippen LogP contribution in [0.5, 0.6) is 0 Å². The highest BCUT2D eigenvalue weighted by Gasteiger charge is 2.17. The van der Waals surface area contributed by atoms with Crippen LogP contribution in [0.3, 0.4) is 0 Å². The third-order valence-corrected chi connectivity index (χ3v) is 5.06. The zero-order valence-corrected chi connectivity index (χ0v) is 15.6. The molecule has 1 N–H and O–H groups in total. The van der Waals surface area contributed by atoms with Gasteiger partial charge in [-0.05, 0) is 44.0 Å². The minimum absolute atomic E-state index is 0.117. The van der Waals surface area contributed by atoms with E-state index in [1.807, 2.05) is 38.1 Å². The molecule has 0 aliphatic heterocycles. The van der Waals surface area contributed by atoms with E-state index in [9.17, 15) is 13.2 Å². The van der Waals surface area contributed by atoms with Gasteiger partial charge in [-0.15, -0.1) is 0 Å². The first kappa shape index (κ1) is 19.0. The molecule has 0 heterocycles. The van der Waals surface area contributed by atoms with Gasteiger partial charge in [0.1, 0.15) is 0 Å². The van der Waals surface area contributed by atoms with Gasteiger partial charge in [0.05, 0.1) is 11.9 Å². The largest absolute Gasteiger partial charge is 0.326 e. The van der Waals surface area contributed by atoms with Gasteiger partial charge in [-0.2, -0.15) is 0 Å². The third kappa shape index (κ3) is 5.60. The Morgan fingerprint density at radius 1 is 1.08 bits per heavy atom. The normalized spacial score (nSPS) is 11.2. The average Bonchev–Trinajstić information content (AvgIpc) is 2.54. The van der Waals surface area contributed by atoms with Crippen LogP contribution in [-0.4, -0.2) is 27.1 Å². The predicted molar refractivity (Wildman–Crippen MR) is 102 cm³/mol. The standard InChI is InChI=1S/C19H24N2O3S/c1-15-11-12-18(16(2)14-15)20-19(22)10-7-13-21(25(3,23)24)17-8-5-4-6-9-17/h4-6,8-9,11-12,14H,7,10,13H2,1-3H3,(H,20,22). The molecule has 0 unspecified atom stereocenters. The first-order chi connectivity index (χ1) is 11.8. The lowest BCUT2D eigenvalue weighted by Crippen LogP contribution is -2.31. The number of aryl methyl sites for hydroxylation is 2. The topological polar surface area (TPSA) is 66.5 Å². The molecule has 25 heavy (non-hydrogen) atoms. The summed E-state index contributed by atoms with van der Waals surface area (Å²) in [7, 11) is -3.38. The summed E-state index contributed by atoms with van der Waals surface area (Å²) in [6.07, 6.45) is 1.88. The molecule has 0 atom stereocenters. The van der Waals surface area contributed by atoms with Gasteiger partial charge in [-0.1, -0.05) is 35.9 Å². The van der Waals surface area contributed by atoms with E-state index in [4.69, 9.17) is 0 Å². The summed E-state index contributed by atoms with van der Waals surface area (Å²) in [4.78, 5) is 12.1. The van der Waals surface area contributed by atoms with Crippen molar-refractivity contribution < 1.29 is 13.2 Å². The van der Waals surface area contributed by atoms with Crippen molar-refractivity contribution in [2.45, 2.75) is 26.7 Å². The van der Waals surface area contributed by atoms with Gasteiger partial charge >= 0.3 is 0 Å². The van der Waals surface area contributed by atoms with Crippen molar-refractivity contribution in [2.75, 3.05) is 22.4 Å². The molecule has 0 aliphatic rings. The van der Waals surface area contributed by atoms with Gasteiger partial charge in [0, 0.05) is 18.7 Å². The maximum absolute atomic E-state index is 12.1. The van der Waals surface area contributed by atoms with Crippen molar-refractivity contribution in [2.24, 2.45) is 0 Å². The monoisotopic (exact) mass is 360 g/mol. The highest BCUT2D eigenvalue weighted by molar-refractivity contribution is 7.92. The van der Waals surface area contributed by atoms with E-state index in [2.05, 4.69) is 5.32 Å². The van der Waals surface area contributed by atoms with Crippen LogP contribution in [0.2, 0.25) is 0 Å². The van der Waals surface area contributed by atoms with Gasteiger partial charge < -0.3 is 5.32 Å². The number of anilines is 2. The van der Waals surface area contributed by atoms with Crippen molar-refractivity contribution in [3.63, 3.8) is 0 Å². The number of sulfonamides is 1. The fraction of sp³-hybridized carbons (Fsp3) is 0.316. The second kappa shape index (κ2) is 8.16. The van der Waals surface area contributed by atoms with E-state index in [1.54, 1.807) is 24.3 Å². The smallest absolute Gasteiger partial charge is 0.232 e. The van der Waals surface area contributed by atoms with Gasteiger partial charge in [-0.25, -0.2) is 8.42 Å². The zero-order chi connectivity index (χ0) is 18.4. The maximum Gasteiger partial charge on any atom is 0.232 e. The van der Waals surface area contributed by atoms with E-state index in [0.29, 0.717) is 12.1 Å². The van der Waals surface area contributed by atoms with Crippen LogP contribution in [-0.2, 0) is 14.8 Å². The molecule has 5 nitrogen and oxygen atoms in total. The number of nitrogens with zero attached hydrogens (tertiary/aromatic N) is 1. The minimum atomic E-state index is -3.38. The molecule has 2 rings (SSSR count). The van der Waals surface area contributed by atoms with Crippen molar-refractivity contribution in [3.8, 4) is 0 Å². The number of carbonyl (C=O) groups excluding carboxylic acids is 1. The predicted octanol–water partition coefficient (Wildman–Crippen LogP) is 3.49. The van der Waals surface area contributed by atoms with E-state index in [0.717, 1.165) is 16.8 Å². The first-order valence-electron chi connectivity index (χ1n) is 8.17. The fourth-order valence-corrected chi connectivity index (χ4v) is 3.60. The van der Waals surface area contributed by atoms with Crippen LogP contribution in [0.15, 0.2) is 48.5 Å². The molecule has 0 aromatic heterocycles. The summed E-state index contributed by atoms with van der Waals surface area (Å²) >= 11 is 0. The molecule has 6 heteroatoms. The Bertz CT molecular complexity index is 833. The SMILES string of the molecule is Cc1ccc(NC(=O)CCCN(c2ccccc2)S(C)(=O)=O)c(C)c1. The van der Waals surface area contributed by atoms with Gasteiger partial charge in [0.25, 0.3) is 0 Å². The van der Waals surface area contributed by atoms with Crippen LogP contribution in [0.25, 0.3) is 0 Å². The molecule has 2 aromatic carbocycles. The fourth-order valence-electron chi connectivity index (χ4n) is 2.63. The summed E-state index contributed by atoms with van der Waals surface area (Å²) in [5.41, 5.74) is 3.55. The van der Waals surface area contributed by atoms with Crippen LogP contribution in [0.4, 0.5) is 11.4 Å². The Labute approximate surface area is 149 Å². The third-order valence-electron chi connectivity index (χ3n) is 3.87. The number of hydrogen-bond donors (Lipinski definition) is 1. The second-order valence-corrected chi connectivity index (χ2v) is 8.05. The first-order valence-corrected chi connectivity index (χ1v) is 10.0. The quantitative estimate of drug-likeness (QED) is 0.822. The lowest BCUT2D eigenvalue weighted by molar-refractivity contribution is -0.116. The number of rotatable bonds is 7. The molecule has 134 valence electrons. The van der Waals surface area contributed by atoms with Gasteiger partial charge in [-0.3, -0.25) is 9.10 Å². The van der Waals surface area contributed by atoms with Crippen LogP contribution in [0, 0.1) is 13.8 Å². The average molecular weight is 360 g/mol. The highest BCUT2D eigenvalue weighted by atomic mass is 32.2. The Balaban J connectivity index is 1.94. The lowest BCUT2D eigenvalue weighted by Gasteiger charge is -2.22. The number of carbonyl (C=O) groups is 1. The van der Waals surface area contributed by atoms with E-state index < -0.39 is 10.0 Å². The minimum Gasteiger partial charge on any atom is -0.326 e. The zero-order valence-electron chi connectivity index (χ0n) is 14.8. The van der Waals surface area contributed by atoms with E-state index in [1.165, 1.54) is 10.6 Å². The van der Waals surface area contributed by atoms with Crippen molar-refractivity contribution in [1.82, 2.24) is 0 Å². The summed E-state index contributed by atoms with van der Waals surface area (Å²) in [5.74, 6) is -0.117. The highest BCUT2D eigenvalue weighted by Crippen LogP contribution is 2.19. The number of para-hydroxylation sites is 1. The molecular formula is C19H24N2O3S.